The lowest BCUT2D eigenvalue weighted by atomic mass is 10.1. The maximum absolute atomic E-state index is 11.9. The predicted octanol–water partition coefficient (Wildman–Crippen LogP) is 2.41. The molecule has 2 aromatic rings. The fourth-order valence-electron chi connectivity index (χ4n) is 1.14. The zero-order chi connectivity index (χ0) is 11.5. The molecule has 0 unspecified atom stereocenters. The summed E-state index contributed by atoms with van der Waals surface area (Å²) in [5, 5.41) is 0.318. The van der Waals surface area contributed by atoms with Crippen LogP contribution in [0.5, 0.6) is 0 Å². The van der Waals surface area contributed by atoms with Gasteiger partial charge in [0.25, 0.3) is 0 Å². The van der Waals surface area contributed by atoms with Crippen molar-refractivity contribution in [1.29, 1.82) is 0 Å². The first-order chi connectivity index (χ1) is 7.66. The van der Waals surface area contributed by atoms with E-state index < -0.39 is 0 Å². The van der Waals surface area contributed by atoms with Gasteiger partial charge in [0.2, 0.25) is 11.6 Å². The van der Waals surface area contributed by atoms with Gasteiger partial charge in [0, 0.05) is 18.0 Å². The van der Waals surface area contributed by atoms with Crippen LogP contribution in [0.1, 0.15) is 16.2 Å². The molecule has 0 bridgehead atoms. The summed E-state index contributed by atoms with van der Waals surface area (Å²) in [7, 11) is 0. The lowest BCUT2D eigenvalue weighted by molar-refractivity contribution is 0.102. The molecule has 0 N–H and O–H groups in total. The molecule has 0 amide bonds. The standard InChI is InChI=1S/C10H5Cl2N3O/c11-7-4-6(5-8(12)15-7)9(16)10-13-2-1-3-14-10/h1-5H. The second kappa shape index (κ2) is 4.55. The van der Waals surface area contributed by atoms with Gasteiger partial charge in [-0.2, -0.15) is 0 Å². The first kappa shape index (κ1) is 11.0. The molecule has 0 saturated carbocycles. The highest BCUT2D eigenvalue weighted by molar-refractivity contribution is 6.33. The molecule has 0 aliphatic rings. The van der Waals surface area contributed by atoms with E-state index in [2.05, 4.69) is 15.0 Å². The largest absolute Gasteiger partial charge is 0.285 e. The normalized spacial score (nSPS) is 10.1. The average Bonchev–Trinajstić information content (AvgIpc) is 2.28. The number of aromatic nitrogens is 3. The number of carbonyl (C=O) groups is 1. The lowest BCUT2D eigenvalue weighted by Crippen LogP contribution is -2.06. The van der Waals surface area contributed by atoms with Gasteiger partial charge in [-0.05, 0) is 18.2 Å². The third-order valence-corrected chi connectivity index (χ3v) is 2.18. The van der Waals surface area contributed by atoms with Crippen molar-refractivity contribution in [2.24, 2.45) is 0 Å². The number of ketones is 1. The molecule has 0 aromatic carbocycles. The summed E-state index contributed by atoms with van der Waals surface area (Å²) in [6.45, 7) is 0. The van der Waals surface area contributed by atoms with E-state index in [4.69, 9.17) is 23.2 Å². The number of halogens is 2. The minimum atomic E-state index is -0.341. The Morgan fingerprint density at radius 2 is 1.62 bits per heavy atom. The molecule has 0 radical (unpaired) electrons. The van der Waals surface area contributed by atoms with Crippen LogP contribution >= 0.6 is 23.2 Å². The molecule has 2 heterocycles. The average molecular weight is 254 g/mol. The Labute approximate surface area is 101 Å². The van der Waals surface area contributed by atoms with Gasteiger partial charge in [-0.1, -0.05) is 23.2 Å². The first-order valence-electron chi connectivity index (χ1n) is 4.31. The van der Waals surface area contributed by atoms with E-state index in [9.17, 15) is 4.79 Å². The second-order valence-corrected chi connectivity index (χ2v) is 3.68. The number of carbonyl (C=O) groups excluding carboxylic acids is 1. The Morgan fingerprint density at radius 1 is 1.06 bits per heavy atom. The molecule has 0 spiro atoms. The summed E-state index contributed by atoms with van der Waals surface area (Å²) in [5.74, 6) is -0.243. The molecular formula is C10H5Cl2N3O. The van der Waals surface area contributed by atoms with Gasteiger partial charge < -0.3 is 0 Å². The predicted molar refractivity (Wildman–Crippen MR) is 59.7 cm³/mol. The van der Waals surface area contributed by atoms with Crippen molar-refractivity contribution in [3.63, 3.8) is 0 Å². The monoisotopic (exact) mass is 253 g/mol. The third-order valence-electron chi connectivity index (χ3n) is 1.79. The Balaban J connectivity index is 2.42. The van der Waals surface area contributed by atoms with Crippen LogP contribution in [-0.4, -0.2) is 20.7 Å². The van der Waals surface area contributed by atoms with Crippen molar-refractivity contribution >= 4 is 29.0 Å². The summed E-state index contributed by atoms with van der Waals surface area (Å²) < 4.78 is 0. The Hall–Kier alpha value is -1.52. The highest BCUT2D eigenvalue weighted by Gasteiger charge is 2.13. The second-order valence-electron chi connectivity index (χ2n) is 2.90. The summed E-state index contributed by atoms with van der Waals surface area (Å²) in [6.07, 6.45) is 2.98. The maximum Gasteiger partial charge on any atom is 0.230 e. The van der Waals surface area contributed by atoms with Crippen LogP contribution in [0, 0.1) is 0 Å². The fourth-order valence-corrected chi connectivity index (χ4v) is 1.60. The highest BCUT2D eigenvalue weighted by atomic mass is 35.5. The Bertz CT molecular complexity index is 511. The molecule has 0 saturated heterocycles. The van der Waals surface area contributed by atoms with Crippen LogP contribution in [0.15, 0.2) is 30.6 Å². The number of hydrogen-bond donors (Lipinski definition) is 0. The molecule has 0 aliphatic carbocycles. The zero-order valence-corrected chi connectivity index (χ0v) is 9.40. The van der Waals surface area contributed by atoms with Crippen molar-refractivity contribution in [3.05, 3.63) is 52.3 Å². The quantitative estimate of drug-likeness (QED) is 0.610. The van der Waals surface area contributed by atoms with Gasteiger partial charge in [-0.3, -0.25) is 4.79 Å². The SMILES string of the molecule is O=C(c1cc(Cl)nc(Cl)c1)c1ncccn1. The molecule has 6 heteroatoms. The summed E-state index contributed by atoms with van der Waals surface area (Å²) in [6, 6.07) is 4.47. The van der Waals surface area contributed by atoms with Gasteiger partial charge in [0.1, 0.15) is 10.3 Å². The van der Waals surface area contributed by atoms with E-state index >= 15 is 0 Å². The van der Waals surface area contributed by atoms with Crippen molar-refractivity contribution in [2.45, 2.75) is 0 Å². The van der Waals surface area contributed by atoms with Gasteiger partial charge in [0.15, 0.2) is 0 Å². The van der Waals surface area contributed by atoms with Crippen LogP contribution < -0.4 is 0 Å². The fraction of sp³-hybridized carbons (Fsp3) is 0. The summed E-state index contributed by atoms with van der Waals surface area (Å²) in [5.41, 5.74) is 0.316. The highest BCUT2D eigenvalue weighted by Crippen LogP contribution is 2.16. The molecule has 4 nitrogen and oxygen atoms in total. The molecule has 80 valence electrons. The Kier molecular flexibility index (Phi) is 3.12. The van der Waals surface area contributed by atoms with Gasteiger partial charge in [-0.15, -0.1) is 0 Å². The van der Waals surface area contributed by atoms with Crippen molar-refractivity contribution in [2.75, 3.05) is 0 Å². The van der Waals surface area contributed by atoms with Crippen molar-refractivity contribution in [1.82, 2.24) is 15.0 Å². The third kappa shape index (κ3) is 2.35. The first-order valence-corrected chi connectivity index (χ1v) is 5.07. The van der Waals surface area contributed by atoms with Gasteiger partial charge in [-0.25, -0.2) is 15.0 Å². The van der Waals surface area contributed by atoms with E-state index in [1.165, 1.54) is 24.5 Å². The molecule has 0 atom stereocenters. The van der Waals surface area contributed by atoms with Crippen LogP contribution in [0.2, 0.25) is 10.3 Å². The van der Waals surface area contributed by atoms with E-state index in [1.54, 1.807) is 6.07 Å². The number of pyridine rings is 1. The van der Waals surface area contributed by atoms with Gasteiger partial charge in [0.05, 0.1) is 0 Å². The molecule has 0 fully saturated rings. The molecular weight excluding hydrogens is 249 g/mol. The van der Waals surface area contributed by atoms with Crippen molar-refractivity contribution in [3.8, 4) is 0 Å². The molecule has 16 heavy (non-hydrogen) atoms. The van der Waals surface area contributed by atoms with E-state index in [0.29, 0.717) is 5.56 Å². The maximum atomic E-state index is 11.9. The van der Waals surface area contributed by atoms with Crippen LogP contribution in [-0.2, 0) is 0 Å². The van der Waals surface area contributed by atoms with Crippen LogP contribution in [0.25, 0.3) is 0 Å². The number of nitrogens with zero attached hydrogens (tertiary/aromatic N) is 3. The summed E-state index contributed by atoms with van der Waals surface area (Å²) in [4.78, 5) is 23.3. The minimum absolute atomic E-state index is 0.0980. The van der Waals surface area contributed by atoms with E-state index in [1.807, 2.05) is 0 Å². The molecule has 0 aliphatic heterocycles. The number of hydrogen-bond acceptors (Lipinski definition) is 4. The lowest BCUT2D eigenvalue weighted by Gasteiger charge is -2.00. The van der Waals surface area contributed by atoms with Gasteiger partial charge >= 0.3 is 0 Å². The van der Waals surface area contributed by atoms with E-state index in [-0.39, 0.29) is 21.9 Å². The Morgan fingerprint density at radius 3 is 2.19 bits per heavy atom. The molecule has 2 aromatic heterocycles. The van der Waals surface area contributed by atoms with E-state index in [0.717, 1.165) is 0 Å². The van der Waals surface area contributed by atoms with Crippen LogP contribution in [0.4, 0.5) is 0 Å². The molecule has 2 rings (SSSR count). The topological polar surface area (TPSA) is 55.7 Å². The van der Waals surface area contributed by atoms with Crippen LogP contribution in [0.3, 0.4) is 0 Å². The minimum Gasteiger partial charge on any atom is -0.285 e. The zero-order valence-electron chi connectivity index (χ0n) is 7.89. The summed E-state index contributed by atoms with van der Waals surface area (Å²) >= 11 is 11.4. The number of rotatable bonds is 2. The smallest absolute Gasteiger partial charge is 0.230 e. The van der Waals surface area contributed by atoms with Crippen molar-refractivity contribution < 1.29 is 4.79 Å².